The number of thioether (sulfide) groups is 1. The van der Waals surface area contributed by atoms with Gasteiger partial charge in [0.2, 0.25) is 11.8 Å². The van der Waals surface area contributed by atoms with Crippen molar-refractivity contribution in [2.45, 2.75) is 32.1 Å². The Kier molecular flexibility index (Phi) is 7.37. The molecule has 0 aliphatic carbocycles. The van der Waals surface area contributed by atoms with Gasteiger partial charge >= 0.3 is 6.03 Å². The van der Waals surface area contributed by atoms with Crippen LogP contribution in [0.4, 0.5) is 10.5 Å². The fraction of sp³-hybridized carbons (Fsp3) is 0.609. The molecule has 4 amide bonds. The van der Waals surface area contributed by atoms with Crippen molar-refractivity contribution in [2.75, 3.05) is 56.1 Å². The highest BCUT2D eigenvalue weighted by Crippen LogP contribution is 2.22. The summed E-state index contributed by atoms with van der Waals surface area (Å²) in [7, 11) is 0. The van der Waals surface area contributed by atoms with Gasteiger partial charge in [-0.25, -0.2) is 4.79 Å². The van der Waals surface area contributed by atoms with E-state index in [1.807, 2.05) is 50.7 Å². The van der Waals surface area contributed by atoms with Crippen LogP contribution in [-0.2, 0) is 16.0 Å². The summed E-state index contributed by atoms with van der Waals surface area (Å²) >= 11 is 1.89. The Balaban J connectivity index is 1.22. The van der Waals surface area contributed by atoms with Crippen LogP contribution in [-0.4, -0.2) is 83.3 Å². The molecule has 3 saturated heterocycles. The predicted molar refractivity (Wildman–Crippen MR) is 123 cm³/mol. The van der Waals surface area contributed by atoms with E-state index in [1.54, 1.807) is 0 Å². The van der Waals surface area contributed by atoms with Gasteiger partial charge < -0.3 is 20.0 Å². The maximum atomic E-state index is 12.7. The van der Waals surface area contributed by atoms with E-state index in [0.717, 1.165) is 61.8 Å². The third-order valence-corrected chi connectivity index (χ3v) is 7.40. The number of benzene rings is 1. The van der Waals surface area contributed by atoms with Crippen molar-refractivity contribution >= 4 is 35.3 Å². The van der Waals surface area contributed by atoms with Crippen LogP contribution in [0.25, 0.3) is 0 Å². The molecule has 7 nitrogen and oxygen atoms in total. The van der Waals surface area contributed by atoms with Gasteiger partial charge in [0.15, 0.2) is 0 Å². The van der Waals surface area contributed by atoms with Crippen LogP contribution in [0, 0.1) is 5.92 Å². The molecular weight excluding hydrogens is 412 g/mol. The highest BCUT2D eigenvalue weighted by molar-refractivity contribution is 7.99. The van der Waals surface area contributed by atoms with Crippen molar-refractivity contribution in [3.05, 3.63) is 29.8 Å². The summed E-state index contributed by atoms with van der Waals surface area (Å²) in [6, 6.07) is 7.72. The number of amides is 4. The molecule has 4 rings (SSSR count). The minimum absolute atomic E-state index is 0.0166. The van der Waals surface area contributed by atoms with Crippen molar-refractivity contribution in [3.63, 3.8) is 0 Å². The standard InChI is InChI=1S/C23H32N4O3S/c28-21(25-13-15-31-16-14-25)17-18-3-5-20(6-4-18)24-22(29)19-7-11-27(12-8-19)23(30)26-9-1-2-10-26/h3-6,19H,1-2,7-17H2,(H,24,29). The van der Waals surface area contributed by atoms with Crippen molar-refractivity contribution in [3.8, 4) is 0 Å². The quantitative estimate of drug-likeness (QED) is 0.775. The number of urea groups is 1. The van der Waals surface area contributed by atoms with Crippen LogP contribution in [0.3, 0.4) is 0 Å². The molecule has 3 aliphatic rings. The summed E-state index contributed by atoms with van der Waals surface area (Å²) in [6.07, 6.45) is 3.99. The summed E-state index contributed by atoms with van der Waals surface area (Å²) in [5.41, 5.74) is 1.72. The van der Waals surface area contributed by atoms with Gasteiger partial charge in [0, 0.05) is 62.4 Å². The molecule has 168 valence electrons. The molecule has 0 saturated carbocycles. The second kappa shape index (κ2) is 10.4. The van der Waals surface area contributed by atoms with Crippen LogP contribution in [0.5, 0.6) is 0 Å². The Morgan fingerprint density at radius 2 is 1.45 bits per heavy atom. The van der Waals surface area contributed by atoms with Gasteiger partial charge in [0.25, 0.3) is 0 Å². The zero-order valence-electron chi connectivity index (χ0n) is 18.1. The van der Waals surface area contributed by atoms with Crippen LogP contribution < -0.4 is 5.32 Å². The summed E-state index contributed by atoms with van der Waals surface area (Å²) in [6.45, 7) is 4.67. The number of hydrogen-bond donors (Lipinski definition) is 1. The zero-order chi connectivity index (χ0) is 21.6. The SMILES string of the molecule is O=C(Nc1ccc(CC(=O)N2CCSCC2)cc1)C1CCN(C(=O)N2CCCC2)CC1. The summed E-state index contributed by atoms with van der Waals surface area (Å²) in [5.74, 6) is 2.15. The molecule has 0 bridgehead atoms. The molecule has 1 aromatic carbocycles. The first-order valence-corrected chi connectivity index (χ1v) is 12.5. The molecule has 31 heavy (non-hydrogen) atoms. The second-order valence-electron chi connectivity index (χ2n) is 8.59. The average Bonchev–Trinajstić information content (AvgIpc) is 3.35. The molecule has 1 N–H and O–H groups in total. The lowest BCUT2D eigenvalue weighted by Crippen LogP contribution is -2.47. The summed E-state index contributed by atoms with van der Waals surface area (Å²) in [5, 5.41) is 3.00. The Hall–Kier alpha value is -2.22. The van der Waals surface area contributed by atoms with Gasteiger partial charge in [-0.3, -0.25) is 9.59 Å². The molecule has 0 radical (unpaired) electrons. The highest BCUT2D eigenvalue weighted by atomic mass is 32.2. The summed E-state index contributed by atoms with van der Waals surface area (Å²) < 4.78 is 0. The molecule has 0 aromatic heterocycles. The van der Waals surface area contributed by atoms with E-state index < -0.39 is 0 Å². The number of piperidine rings is 1. The molecule has 8 heteroatoms. The summed E-state index contributed by atoms with van der Waals surface area (Å²) in [4.78, 5) is 43.3. The van der Waals surface area contributed by atoms with E-state index in [0.29, 0.717) is 32.4 Å². The first-order valence-electron chi connectivity index (χ1n) is 11.4. The van der Waals surface area contributed by atoms with Gasteiger partial charge in [-0.05, 0) is 43.4 Å². The largest absolute Gasteiger partial charge is 0.341 e. The normalized spacial score (nSPS) is 20.1. The third-order valence-electron chi connectivity index (χ3n) is 6.45. The fourth-order valence-corrected chi connectivity index (χ4v) is 5.39. The van der Waals surface area contributed by atoms with Gasteiger partial charge in [-0.1, -0.05) is 12.1 Å². The van der Waals surface area contributed by atoms with Gasteiger partial charge in [-0.15, -0.1) is 0 Å². The lowest BCUT2D eigenvalue weighted by Gasteiger charge is -2.34. The maximum absolute atomic E-state index is 12.7. The molecule has 3 aliphatic heterocycles. The second-order valence-corrected chi connectivity index (χ2v) is 9.82. The lowest BCUT2D eigenvalue weighted by atomic mass is 9.96. The van der Waals surface area contributed by atoms with E-state index in [2.05, 4.69) is 5.32 Å². The van der Waals surface area contributed by atoms with Gasteiger partial charge in [-0.2, -0.15) is 11.8 Å². The first kappa shape index (κ1) is 22.0. The van der Waals surface area contributed by atoms with E-state index in [9.17, 15) is 14.4 Å². The Morgan fingerprint density at radius 3 is 2.10 bits per heavy atom. The Morgan fingerprint density at radius 1 is 0.839 bits per heavy atom. The average molecular weight is 445 g/mol. The maximum Gasteiger partial charge on any atom is 0.319 e. The minimum atomic E-state index is -0.0687. The molecule has 0 atom stereocenters. The van der Waals surface area contributed by atoms with Crippen LogP contribution >= 0.6 is 11.8 Å². The van der Waals surface area contributed by atoms with Crippen LogP contribution in [0.1, 0.15) is 31.2 Å². The number of carbonyl (C=O) groups excluding carboxylic acids is 3. The van der Waals surface area contributed by atoms with Crippen molar-refractivity contribution in [1.29, 1.82) is 0 Å². The van der Waals surface area contributed by atoms with Crippen LogP contribution in [0.2, 0.25) is 0 Å². The van der Waals surface area contributed by atoms with Crippen molar-refractivity contribution in [2.24, 2.45) is 5.92 Å². The number of hydrogen-bond acceptors (Lipinski definition) is 4. The topological polar surface area (TPSA) is 73.0 Å². The first-order chi connectivity index (χ1) is 15.1. The smallest absolute Gasteiger partial charge is 0.319 e. The molecule has 1 aromatic rings. The molecular formula is C23H32N4O3S. The number of anilines is 1. The van der Waals surface area contributed by atoms with E-state index >= 15 is 0 Å². The van der Waals surface area contributed by atoms with E-state index in [4.69, 9.17) is 0 Å². The lowest BCUT2D eigenvalue weighted by molar-refractivity contribution is -0.130. The number of nitrogens with zero attached hydrogens (tertiary/aromatic N) is 3. The Bertz CT molecular complexity index is 781. The van der Waals surface area contributed by atoms with Gasteiger partial charge in [0.05, 0.1) is 6.42 Å². The fourth-order valence-electron chi connectivity index (χ4n) is 4.49. The number of nitrogens with one attached hydrogen (secondary N) is 1. The highest BCUT2D eigenvalue weighted by Gasteiger charge is 2.30. The minimum Gasteiger partial charge on any atom is -0.341 e. The van der Waals surface area contributed by atoms with Crippen LogP contribution in [0.15, 0.2) is 24.3 Å². The molecule has 3 heterocycles. The zero-order valence-corrected chi connectivity index (χ0v) is 18.9. The van der Waals surface area contributed by atoms with E-state index in [1.165, 1.54) is 0 Å². The van der Waals surface area contributed by atoms with Crippen molar-refractivity contribution in [1.82, 2.24) is 14.7 Å². The third kappa shape index (κ3) is 5.73. The molecule has 0 spiro atoms. The Labute approximate surface area is 188 Å². The number of carbonyl (C=O) groups is 3. The molecule has 3 fully saturated rings. The van der Waals surface area contributed by atoms with Gasteiger partial charge in [0.1, 0.15) is 0 Å². The monoisotopic (exact) mass is 444 g/mol. The molecule has 0 unspecified atom stereocenters. The van der Waals surface area contributed by atoms with E-state index in [-0.39, 0.29) is 23.8 Å². The number of rotatable bonds is 4. The predicted octanol–water partition coefficient (Wildman–Crippen LogP) is 2.67. The number of likely N-dealkylation sites (tertiary alicyclic amines) is 2. The van der Waals surface area contributed by atoms with Crippen molar-refractivity contribution < 1.29 is 14.4 Å².